The van der Waals surface area contributed by atoms with Gasteiger partial charge in [0.05, 0.1) is 18.3 Å². The number of carbonyl (C=O) groups excluding carboxylic acids is 1. The molecule has 0 radical (unpaired) electrons. The van der Waals surface area contributed by atoms with Crippen LogP contribution < -0.4 is 11.1 Å². The molecule has 2 fully saturated rings. The van der Waals surface area contributed by atoms with Gasteiger partial charge in [-0.05, 0) is 37.9 Å². The highest BCUT2D eigenvalue weighted by Crippen LogP contribution is 2.22. The Labute approximate surface area is 125 Å². The molecule has 2 aliphatic rings. The number of carbonyl (C=O) groups is 1. The predicted molar refractivity (Wildman–Crippen MR) is 82.3 cm³/mol. The molecule has 5 heteroatoms. The summed E-state index contributed by atoms with van der Waals surface area (Å²) in [7, 11) is 0. The third-order valence-corrected chi connectivity index (χ3v) is 4.52. The minimum atomic E-state index is -0.122. The van der Waals surface area contributed by atoms with E-state index in [1.807, 2.05) is 19.1 Å². The van der Waals surface area contributed by atoms with Crippen LogP contribution in [0.5, 0.6) is 0 Å². The summed E-state index contributed by atoms with van der Waals surface area (Å²) in [4.78, 5) is 14.7. The highest BCUT2D eigenvalue weighted by Gasteiger charge is 2.32. The van der Waals surface area contributed by atoms with E-state index in [0.717, 1.165) is 25.3 Å². The van der Waals surface area contributed by atoms with Crippen LogP contribution in [0.15, 0.2) is 18.2 Å². The zero-order valence-electron chi connectivity index (χ0n) is 12.5. The van der Waals surface area contributed by atoms with Gasteiger partial charge in [-0.25, -0.2) is 0 Å². The van der Waals surface area contributed by atoms with Gasteiger partial charge in [-0.3, -0.25) is 9.69 Å². The Morgan fingerprint density at radius 2 is 2.38 bits per heavy atom. The van der Waals surface area contributed by atoms with E-state index in [-0.39, 0.29) is 12.0 Å². The van der Waals surface area contributed by atoms with E-state index in [1.54, 1.807) is 6.07 Å². The van der Waals surface area contributed by atoms with Gasteiger partial charge in [0.15, 0.2) is 0 Å². The lowest BCUT2D eigenvalue weighted by Crippen LogP contribution is -2.50. The summed E-state index contributed by atoms with van der Waals surface area (Å²) in [6.07, 6.45) is 2.57. The predicted octanol–water partition coefficient (Wildman–Crippen LogP) is 1.17. The lowest BCUT2D eigenvalue weighted by molar-refractivity contribution is -0.0461. The van der Waals surface area contributed by atoms with E-state index in [9.17, 15) is 4.79 Å². The molecule has 114 valence electrons. The van der Waals surface area contributed by atoms with Crippen molar-refractivity contribution in [2.75, 3.05) is 32.0 Å². The van der Waals surface area contributed by atoms with Crippen LogP contribution in [0.4, 0.5) is 5.69 Å². The standard InChI is InChI=1S/C16H23N3O2/c1-11-4-2-6-14(15(11)17)16(20)18-8-13-9-19-7-3-5-12(19)10-21-13/h2,4,6,12-13H,3,5,7-10,17H2,1H3,(H,18,20). The number of nitrogens with two attached hydrogens (primary N) is 1. The number of rotatable bonds is 3. The second kappa shape index (κ2) is 6.03. The minimum Gasteiger partial charge on any atom is -0.398 e. The van der Waals surface area contributed by atoms with Crippen molar-refractivity contribution >= 4 is 11.6 Å². The number of fused-ring (bicyclic) bond motifs is 1. The fourth-order valence-corrected chi connectivity index (χ4v) is 3.19. The summed E-state index contributed by atoms with van der Waals surface area (Å²) in [5, 5.41) is 2.95. The molecular weight excluding hydrogens is 266 g/mol. The van der Waals surface area contributed by atoms with Crippen molar-refractivity contribution in [1.29, 1.82) is 0 Å². The molecule has 0 aromatic heterocycles. The molecule has 2 heterocycles. The maximum atomic E-state index is 12.2. The lowest BCUT2D eigenvalue weighted by atomic mass is 10.1. The maximum Gasteiger partial charge on any atom is 0.253 e. The number of nitrogens with one attached hydrogen (secondary N) is 1. The second-order valence-corrected chi connectivity index (χ2v) is 5.99. The number of hydrogen-bond donors (Lipinski definition) is 2. The van der Waals surface area contributed by atoms with Crippen molar-refractivity contribution < 1.29 is 9.53 Å². The third-order valence-electron chi connectivity index (χ3n) is 4.52. The van der Waals surface area contributed by atoms with Crippen LogP contribution in [0.25, 0.3) is 0 Å². The number of hydrogen-bond acceptors (Lipinski definition) is 4. The number of ether oxygens (including phenoxy) is 1. The normalized spacial score (nSPS) is 25.6. The number of nitrogens with zero attached hydrogens (tertiary/aromatic N) is 1. The molecule has 2 unspecified atom stereocenters. The fourth-order valence-electron chi connectivity index (χ4n) is 3.19. The number of para-hydroxylation sites is 1. The first kappa shape index (κ1) is 14.4. The van der Waals surface area contributed by atoms with Crippen molar-refractivity contribution in [3.63, 3.8) is 0 Å². The molecule has 5 nitrogen and oxygen atoms in total. The first-order valence-electron chi connectivity index (χ1n) is 7.64. The molecule has 1 aromatic rings. The molecule has 2 atom stereocenters. The van der Waals surface area contributed by atoms with Gasteiger partial charge in [0.25, 0.3) is 5.91 Å². The second-order valence-electron chi connectivity index (χ2n) is 5.99. The van der Waals surface area contributed by atoms with E-state index in [0.29, 0.717) is 23.8 Å². The van der Waals surface area contributed by atoms with Crippen LogP contribution in [0.1, 0.15) is 28.8 Å². The summed E-state index contributed by atoms with van der Waals surface area (Å²) < 4.78 is 5.84. The SMILES string of the molecule is Cc1cccc(C(=O)NCC2CN3CCCC3CO2)c1N. The Kier molecular flexibility index (Phi) is 4.12. The van der Waals surface area contributed by atoms with Crippen molar-refractivity contribution in [1.82, 2.24) is 10.2 Å². The summed E-state index contributed by atoms with van der Waals surface area (Å²) >= 11 is 0. The Balaban J connectivity index is 1.55. The average molecular weight is 289 g/mol. The smallest absolute Gasteiger partial charge is 0.253 e. The first-order chi connectivity index (χ1) is 10.1. The molecule has 1 aromatic carbocycles. The van der Waals surface area contributed by atoms with Crippen LogP contribution >= 0.6 is 0 Å². The van der Waals surface area contributed by atoms with Crippen LogP contribution in [-0.2, 0) is 4.74 Å². The van der Waals surface area contributed by atoms with Gasteiger partial charge in [-0.1, -0.05) is 12.1 Å². The van der Waals surface area contributed by atoms with Gasteiger partial charge in [0.1, 0.15) is 0 Å². The van der Waals surface area contributed by atoms with Crippen LogP contribution in [0, 0.1) is 6.92 Å². The van der Waals surface area contributed by atoms with Crippen LogP contribution in [0.2, 0.25) is 0 Å². The molecular formula is C16H23N3O2. The van der Waals surface area contributed by atoms with Crippen molar-refractivity contribution in [2.24, 2.45) is 0 Å². The van der Waals surface area contributed by atoms with Gasteiger partial charge in [0, 0.05) is 24.8 Å². The molecule has 0 aliphatic carbocycles. The maximum absolute atomic E-state index is 12.2. The highest BCUT2D eigenvalue weighted by molar-refractivity contribution is 5.99. The Bertz CT molecular complexity index is 532. The van der Waals surface area contributed by atoms with Crippen LogP contribution in [-0.4, -0.2) is 49.2 Å². The molecule has 0 bridgehead atoms. The molecule has 3 rings (SSSR count). The van der Waals surface area contributed by atoms with Crippen LogP contribution in [0.3, 0.4) is 0 Å². The minimum absolute atomic E-state index is 0.0781. The fraction of sp³-hybridized carbons (Fsp3) is 0.562. The van der Waals surface area contributed by atoms with Gasteiger partial charge in [-0.2, -0.15) is 0 Å². The van der Waals surface area contributed by atoms with Gasteiger partial charge >= 0.3 is 0 Å². The monoisotopic (exact) mass is 289 g/mol. The van der Waals surface area contributed by atoms with E-state index in [2.05, 4.69) is 10.2 Å². The summed E-state index contributed by atoms with van der Waals surface area (Å²) in [5.74, 6) is -0.122. The Hall–Kier alpha value is -1.59. The van der Waals surface area contributed by atoms with Gasteiger partial charge in [0.2, 0.25) is 0 Å². The lowest BCUT2D eigenvalue weighted by Gasteiger charge is -2.35. The number of aryl methyl sites for hydroxylation is 1. The molecule has 1 amide bonds. The quantitative estimate of drug-likeness (QED) is 0.820. The van der Waals surface area contributed by atoms with E-state index in [4.69, 9.17) is 10.5 Å². The van der Waals surface area contributed by atoms with Gasteiger partial charge in [-0.15, -0.1) is 0 Å². The summed E-state index contributed by atoms with van der Waals surface area (Å²) in [5.41, 5.74) is 7.99. The molecule has 0 spiro atoms. The first-order valence-corrected chi connectivity index (χ1v) is 7.64. The molecule has 0 saturated carbocycles. The highest BCUT2D eigenvalue weighted by atomic mass is 16.5. The van der Waals surface area contributed by atoms with Gasteiger partial charge < -0.3 is 15.8 Å². The summed E-state index contributed by atoms with van der Waals surface area (Å²) in [6, 6.07) is 6.11. The Morgan fingerprint density at radius 3 is 3.24 bits per heavy atom. The number of anilines is 1. The number of amides is 1. The number of nitrogen functional groups attached to an aromatic ring is 1. The average Bonchev–Trinajstić information content (AvgIpc) is 2.95. The van der Waals surface area contributed by atoms with E-state index >= 15 is 0 Å². The van der Waals surface area contributed by atoms with Crippen molar-refractivity contribution in [3.05, 3.63) is 29.3 Å². The topological polar surface area (TPSA) is 67.6 Å². The molecule has 2 aliphatic heterocycles. The molecule has 2 saturated heterocycles. The summed E-state index contributed by atoms with van der Waals surface area (Å²) in [6.45, 7) is 5.30. The number of morpholine rings is 1. The van der Waals surface area contributed by atoms with E-state index < -0.39 is 0 Å². The zero-order chi connectivity index (χ0) is 14.8. The van der Waals surface area contributed by atoms with Crippen molar-refractivity contribution in [3.8, 4) is 0 Å². The van der Waals surface area contributed by atoms with Crippen molar-refractivity contribution in [2.45, 2.75) is 31.9 Å². The number of benzene rings is 1. The molecule has 3 N–H and O–H groups in total. The van der Waals surface area contributed by atoms with E-state index in [1.165, 1.54) is 12.8 Å². The Morgan fingerprint density at radius 1 is 1.52 bits per heavy atom. The zero-order valence-corrected chi connectivity index (χ0v) is 12.5. The molecule has 21 heavy (non-hydrogen) atoms. The third kappa shape index (κ3) is 3.04. The largest absolute Gasteiger partial charge is 0.398 e.